The Morgan fingerprint density at radius 2 is 1.70 bits per heavy atom. The second kappa shape index (κ2) is 4.68. The van der Waals surface area contributed by atoms with E-state index in [-0.39, 0.29) is 6.61 Å². The first kappa shape index (κ1) is 12.7. The highest BCUT2D eigenvalue weighted by Gasteiger charge is 2.08. The van der Waals surface area contributed by atoms with Crippen LogP contribution >= 0.6 is 0 Å². The van der Waals surface area contributed by atoms with Gasteiger partial charge in [-0.1, -0.05) is 0 Å². The SMILES string of the molecule is Cc1cc2nc(C)c(C)nc2cc1-n1cnc(CO)c1. The van der Waals surface area contributed by atoms with Gasteiger partial charge in [-0.3, -0.25) is 0 Å². The molecule has 1 aromatic carbocycles. The van der Waals surface area contributed by atoms with Gasteiger partial charge in [0.25, 0.3) is 0 Å². The summed E-state index contributed by atoms with van der Waals surface area (Å²) in [4.78, 5) is 13.3. The molecule has 0 aliphatic carbocycles. The van der Waals surface area contributed by atoms with Gasteiger partial charge in [-0.15, -0.1) is 0 Å². The first-order valence-electron chi connectivity index (χ1n) is 6.48. The van der Waals surface area contributed by atoms with E-state index in [0.29, 0.717) is 5.69 Å². The molecular formula is C15H16N4O. The molecule has 1 N–H and O–H groups in total. The first-order valence-corrected chi connectivity index (χ1v) is 6.48. The normalized spacial score (nSPS) is 11.2. The van der Waals surface area contributed by atoms with E-state index in [2.05, 4.69) is 15.0 Å². The minimum absolute atomic E-state index is 0.0578. The standard InChI is InChI=1S/C15H16N4O/c1-9-4-13-14(18-11(3)10(2)17-13)5-15(9)19-6-12(7-20)16-8-19/h4-6,8,20H,7H2,1-3H3. The Labute approximate surface area is 117 Å². The van der Waals surface area contributed by atoms with Crippen molar-refractivity contribution in [2.45, 2.75) is 27.4 Å². The van der Waals surface area contributed by atoms with Crippen molar-refractivity contribution in [3.05, 3.63) is 47.3 Å². The van der Waals surface area contributed by atoms with Crippen molar-refractivity contribution < 1.29 is 5.11 Å². The van der Waals surface area contributed by atoms with Crippen molar-refractivity contribution in [3.63, 3.8) is 0 Å². The lowest BCUT2D eigenvalue weighted by Gasteiger charge is -2.09. The van der Waals surface area contributed by atoms with Gasteiger partial charge in [0.2, 0.25) is 0 Å². The van der Waals surface area contributed by atoms with Gasteiger partial charge >= 0.3 is 0 Å². The number of benzene rings is 1. The van der Waals surface area contributed by atoms with Crippen LogP contribution in [0.5, 0.6) is 0 Å². The van der Waals surface area contributed by atoms with Crippen LogP contribution < -0.4 is 0 Å². The Balaban J connectivity index is 2.20. The molecule has 0 atom stereocenters. The molecule has 0 amide bonds. The molecule has 20 heavy (non-hydrogen) atoms. The van der Waals surface area contributed by atoms with Crippen molar-refractivity contribution >= 4 is 11.0 Å². The summed E-state index contributed by atoms with van der Waals surface area (Å²) in [7, 11) is 0. The number of hydrogen-bond acceptors (Lipinski definition) is 4. The molecule has 3 rings (SSSR count). The fourth-order valence-corrected chi connectivity index (χ4v) is 2.23. The Hall–Kier alpha value is -2.27. The van der Waals surface area contributed by atoms with E-state index in [4.69, 9.17) is 5.11 Å². The summed E-state index contributed by atoms with van der Waals surface area (Å²) in [6.45, 7) is 5.90. The fourth-order valence-electron chi connectivity index (χ4n) is 2.23. The van der Waals surface area contributed by atoms with E-state index < -0.39 is 0 Å². The molecule has 2 heterocycles. The van der Waals surface area contributed by atoms with Crippen LogP contribution in [0.1, 0.15) is 22.6 Å². The van der Waals surface area contributed by atoms with Gasteiger partial charge < -0.3 is 9.67 Å². The monoisotopic (exact) mass is 268 g/mol. The second-order valence-electron chi connectivity index (χ2n) is 4.95. The molecule has 2 aromatic heterocycles. The summed E-state index contributed by atoms with van der Waals surface area (Å²) < 4.78 is 1.90. The van der Waals surface area contributed by atoms with Crippen LogP contribution in [0.25, 0.3) is 16.7 Å². The number of rotatable bonds is 2. The zero-order valence-electron chi connectivity index (χ0n) is 11.8. The Bertz CT molecular complexity index is 792. The third-order valence-electron chi connectivity index (χ3n) is 3.47. The summed E-state index contributed by atoms with van der Waals surface area (Å²) in [5, 5.41) is 9.11. The Kier molecular flexibility index (Phi) is 2.99. The highest BCUT2D eigenvalue weighted by molar-refractivity contribution is 5.78. The molecule has 3 aromatic rings. The fraction of sp³-hybridized carbons (Fsp3) is 0.267. The van der Waals surface area contributed by atoms with Crippen LogP contribution in [0, 0.1) is 20.8 Å². The van der Waals surface area contributed by atoms with Crippen molar-refractivity contribution in [1.82, 2.24) is 19.5 Å². The third kappa shape index (κ3) is 2.06. The first-order chi connectivity index (χ1) is 9.58. The number of aromatic nitrogens is 4. The minimum Gasteiger partial charge on any atom is -0.390 e. The highest BCUT2D eigenvalue weighted by atomic mass is 16.3. The van der Waals surface area contributed by atoms with E-state index in [1.165, 1.54) is 0 Å². The van der Waals surface area contributed by atoms with Gasteiger partial charge in [-0.2, -0.15) is 0 Å². The molecular weight excluding hydrogens is 252 g/mol. The number of aryl methyl sites for hydroxylation is 3. The number of fused-ring (bicyclic) bond motifs is 1. The number of nitrogens with zero attached hydrogens (tertiary/aromatic N) is 4. The number of imidazole rings is 1. The van der Waals surface area contributed by atoms with Crippen molar-refractivity contribution in [1.29, 1.82) is 0 Å². The minimum atomic E-state index is -0.0578. The molecule has 0 spiro atoms. The van der Waals surface area contributed by atoms with E-state index in [0.717, 1.165) is 33.7 Å². The Morgan fingerprint density at radius 3 is 2.30 bits per heavy atom. The average Bonchev–Trinajstić information content (AvgIpc) is 2.89. The van der Waals surface area contributed by atoms with Gasteiger partial charge in [0.05, 0.1) is 46.7 Å². The average molecular weight is 268 g/mol. The van der Waals surface area contributed by atoms with Crippen molar-refractivity contribution in [2.24, 2.45) is 0 Å². The summed E-state index contributed by atoms with van der Waals surface area (Å²) in [6, 6.07) is 4.04. The predicted octanol–water partition coefficient (Wildman–Crippen LogP) is 2.23. The van der Waals surface area contributed by atoms with Crippen molar-refractivity contribution in [2.75, 3.05) is 0 Å². The zero-order chi connectivity index (χ0) is 14.3. The number of aliphatic hydroxyl groups excluding tert-OH is 1. The molecule has 0 saturated carbocycles. The van der Waals surface area contributed by atoms with E-state index in [1.54, 1.807) is 6.33 Å². The van der Waals surface area contributed by atoms with E-state index in [1.807, 2.05) is 43.7 Å². The maximum atomic E-state index is 9.11. The molecule has 0 aliphatic heterocycles. The third-order valence-corrected chi connectivity index (χ3v) is 3.47. The predicted molar refractivity (Wildman–Crippen MR) is 76.8 cm³/mol. The van der Waals surface area contributed by atoms with Crippen LogP contribution in [0.15, 0.2) is 24.7 Å². The molecule has 0 bridgehead atoms. The van der Waals surface area contributed by atoms with Gasteiger partial charge in [-0.05, 0) is 38.5 Å². The number of hydrogen-bond donors (Lipinski definition) is 1. The van der Waals surface area contributed by atoms with Crippen LogP contribution in [-0.4, -0.2) is 24.6 Å². The maximum absolute atomic E-state index is 9.11. The topological polar surface area (TPSA) is 63.8 Å². The molecule has 0 aliphatic rings. The summed E-state index contributed by atoms with van der Waals surface area (Å²) in [5.41, 5.74) is 6.41. The maximum Gasteiger partial charge on any atom is 0.0996 e. The lowest BCUT2D eigenvalue weighted by molar-refractivity contribution is 0.277. The van der Waals surface area contributed by atoms with Crippen LogP contribution in [0.4, 0.5) is 0 Å². The van der Waals surface area contributed by atoms with E-state index in [9.17, 15) is 0 Å². The van der Waals surface area contributed by atoms with Gasteiger partial charge in [-0.25, -0.2) is 15.0 Å². The number of aliphatic hydroxyl groups is 1. The van der Waals surface area contributed by atoms with Gasteiger partial charge in [0, 0.05) is 6.20 Å². The highest BCUT2D eigenvalue weighted by Crippen LogP contribution is 2.21. The molecule has 0 radical (unpaired) electrons. The molecule has 0 unspecified atom stereocenters. The lowest BCUT2D eigenvalue weighted by Crippen LogP contribution is -1.98. The van der Waals surface area contributed by atoms with Crippen LogP contribution in [0.3, 0.4) is 0 Å². The quantitative estimate of drug-likeness (QED) is 0.774. The largest absolute Gasteiger partial charge is 0.390 e. The van der Waals surface area contributed by atoms with Gasteiger partial charge in [0.1, 0.15) is 0 Å². The molecule has 102 valence electrons. The summed E-state index contributed by atoms with van der Waals surface area (Å²) in [5.74, 6) is 0. The van der Waals surface area contributed by atoms with Crippen molar-refractivity contribution in [3.8, 4) is 5.69 Å². The zero-order valence-corrected chi connectivity index (χ0v) is 11.8. The van der Waals surface area contributed by atoms with Gasteiger partial charge in [0.15, 0.2) is 0 Å². The van der Waals surface area contributed by atoms with Crippen LogP contribution in [0.2, 0.25) is 0 Å². The Morgan fingerprint density at radius 1 is 1.05 bits per heavy atom. The van der Waals surface area contributed by atoms with Crippen LogP contribution in [-0.2, 0) is 6.61 Å². The molecule has 5 heteroatoms. The summed E-state index contributed by atoms with van der Waals surface area (Å²) in [6.07, 6.45) is 3.52. The molecule has 5 nitrogen and oxygen atoms in total. The summed E-state index contributed by atoms with van der Waals surface area (Å²) >= 11 is 0. The van der Waals surface area contributed by atoms with E-state index >= 15 is 0 Å². The second-order valence-corrected chi connectivity index (χ2v) is 4.95. The molecule has 0 fully saturated rings. The smallest absolute Gasteiger partial charge is 0.0996 e. The lowest BCUT2D eigenvalue weighted by atomic mass is 10.1. The molecule has 0 saturated heterocycles.